The highest BCUT2D eigenvalue weighted by molar-refractivity contribution is 9.10. The van der Waals surface area contributed by atoms with Crippen molar-refractivity contribution in [1.82, 2.24) is 0 Å². The molecule has 0 fully saturated rings. The molecule has 0 heterocycles. The SMILES string of the molecule is Cc1cc(CC(C)(C)N)cc(Br)c1F. The van der Waals surface area contributed by atoms with Crippen LogP contribution in [0.15, 0.2) is 16.6 Å². The van der Waals surface area contributed by atoms with Gasteiger partial charge in [0.1, 0.15) is 5.82 Å². The lowest BCUT2D eigenvalue weighted by atomic mass is 9.95. The van der Waals surface area contributed by atoms with Gasteiger partial charge in [-0.25, -0.2) is 4.39 Å². The minimum Gasteiger partial charge on any atom is -0.325 e. The fourth-order valence-corrected chi connectivity index (χ4v) is 2.03. The summed E-state index contributed by atoms with van der Waals surface area (Å²) in [4.78, 5) is 0. The molecular weight excluding hydrogens is 245 g/mol. The molecule has 0 aromatic heterocycles. The molecule has 0 aliphatic carbocycles. The maximum absolute atomic E-state index is 13.3. The second-order valence-electron chi connectivity index (χ2n) is 4.37. The second-order valence-corrected chi connectivity index (χ2v) is 5.23. The topological polar surface area (TPSA) is 26.0 Å². The number of aryl methyl sites for hydroxylation is 1. The molecule has 0 aliphatic rings. The van der Waals surface area contributed by atoms with Crippen molar-refractivity contribution in [3.8, 4) is 0 Å². The molecule has 0 aliphatic heterocycles. The molecule has 0 atom stereocenters. The van der Waals surface area contributed by atoms with Crippen LogP contribution in [0.25, 0.3) is 0 Å². The summed E-state index contributed by atoms with van der Waals surface area (Å²) >= 11 is 3.19. The molecule has 1 aromatic rings. The predicted molar refractivity (Wildman–Crippen MR) is 60.8 cm³/mol. The van der Waals surface area contributed by atoms with Gasteiger partial charge < -0.3 is 5.73 Å². The molecule has 0 spiro atoms. The van der Waals surface area contributed by atoms with Gasteiger partial charge in [0.05, 0.1) is 4.47 Å². The van der Waals surface area contributed by atoms with Crippen LogP contribution in [0.3, 0.4) is 0 Å². The van der Waals surface area contributed by atoms with Crippen LogP contribution in [0.1, 0.15) is 25.0 Å². The van der Waals surface area contributed by atoms with Gasteiger partial charge in [-0.15, -0.1) is 0 Å². The van der Waals surface area contributed by atoms with Crippen LogP contribution in [0.4, 0.5) is 4.39 Å². The van der Waals surface area contributed by atoms with Crippen LogP contribution in [0, 0.1) is 12.7 Å². The standard InChI is InChI=1S/C11H15BrFN/c1-7-4-8(6-11(2,3)14)5-9(12)10(7)13/h4-5H,6,14H2,1-3H3. The molecule has 0 unspecified atom stereocenters. The van der Waals surface area contributed by atoms with Crippen LogP contribution < -0.4 is 5.73 Å². The van der Waals surface area contributed by atoms with Gasteiger partial charge in [-0.05, 0) is 60.3 Å². The minimum absolute atomic E-state index is 0.191. The minimum atomic E-state index is -0.260. The van der Waals surface area contributed by atoms with E-state index in [1.165, 1.54) is 0 Å². The molecule has 0 saturated carbocycles. The summed E-state index contributed by atoms with van der Waals surface area (Å²) in [5.74, 6) is -0.191. The molecule has 0 amide bonds. The van der Waals surface area contributed by atoms with Gasteiger partial charge in [-0.1, -0.05) is 6.07 Å². The molecule has 1 rings (SSSR count). The van der Waals surface area contributed by atoms with E-state index in [0.29, 0.717) is 10.0 Å². The molecule has 0 bridgehead atoms. The van der Waals surface area contributed by atoms with E-state index in [0.717, 1.165) is 12.0 Å². The Hall–Kier alpha value is -0.410. The predicted octanol–water partition coefficient (Wildman–Crippen LogP) is 3.18. The zero-order valence-electron chi connectivity index (χ0n) is 8.70. The highest BCUT2D eigenvalue weighted by atomic mass is 79.9. The van der Waals surface area contributed by atoms with Crippen LogP contribution in [0.5, 0.6) is 0 Å². The molecule has 78 valence electrons. The highest BCUT2D eigenvalue weighted by Crippen LogP contribution is 2.22. The van der Waals surface area contributed by atoms with Crippen LogP contribution in [-0.2, 0) is 6.42 Å². The summed E-state index contributed by atoms with van der Waals surface area (Å²) in [5, 5.41) is 0. The van der Waals surface area contributed by atoms with Gasteiger partial charge in [-0.3, -0.25) is 0 Å². The first kappa shape index (κ1) is 11.7. The fourth-order valence-electron chi connectivity index (χ4n) is 1.43. The highest BCUT2D eigenvalue weighted by Gasteiger charge is 2.13. The summed E-state index contributed by atoms with van der Waals surface area (Å²) in [7, 11) is 0. The number of hydrogen-bond acceptors (Lipinski definition) is 1. The molecule has 3 heteroatoms. The second kappa shape index (κ2) is 3.99. The lowest BCUT2D eigenvalue weighted by Crippen LogP contribution is -2.34. The third-order valence-electron chi connectivity index (χ3n) is 1.93. The van der Waals surface area contributed by atoms with Crippen LogP contribution in [0.2, 0.25) is 0 Å². The molecule has 14 heavy (non-hydrogen) atoms. The van der Waals surface area contributed by atoms with Crippen LogP contribution >= 0.6 is 15.9 Å². The lowest BCUT2D eigenvalue weighted by molar-refractivity contribution is 0.515. The van der Waals surface area contributed by atoms with E-state index in [4.69, 9.17) is 5.73 Å². The van der Waals surface area contributed by atoms with Crippen molar-refractivity contribution in [2.75, 3.05) is 0 Å². The molecule has 2 N–H and O–H groups in total. The number of halogens is 2. The van der Waals surface area contributed by atoms with E-state index in [1.54, 1.807) is 13.0 Å². The number of rotatable bonds is 2. The smallest absolute Gasteiger partial charge is 0.140 e. The first-order chi connectivity index (χ1) is 6.29. The van der Waals surface area contributed by atoms with Gasteiger partial charge in [0.15, 0.2) is 0 Å². The van der Waals surface area contributed by atoms with E-state index in [9.17, 15) is 4.39 Å². The maximum Gasteiger partial charge on any atom is 0.140 e. The van der Waals surface area contributed by atoms with Gasteiger partial charge in [-0.2, -0.15) is 0 Å². The number of nitrogens with two attached hydrogens (primary N) is 1. The number of hydrogen-bond donors (Lipinski definition) is 1. The van der Waals surface area contributed by atoms with E-state index < -0.39 is 0 Å². The Kier molecular flexibility index (Phi) is 3.32. The Morgan fingerprint density at radius 1 is 1.43 bits per heavy atom. The average molecular weight is 260 g/mol. The molecular formula is C11H15BrFN. The Bertz CT molecular complexity index is 319. The van der Waals surface area contributed by atoms with Crippen molar-refractivity contribution in [3.63, 3.8) is 0 Å². The Morgan fingerprint density at radius 2 is 2.00 bits per heavy atom. The summed E-state index contributed by atoms with van der Waals surface area (Å²) in [6.45, 7) is 5.67. The van der Waals surface area contributed by atoms with Crippen molar-refractivity contribution in [2.45, 2.75) is 32.7 Å². The summed E-state index contributed by atoms with van der Waals surface area (Å²) < 4.78 is 13.8. The zero-order valence-corrected chi connectivity index (χ0v) is 10.3. The summed E-state index contributed by atoms with van der Waals surface area (Å²) in [5.41, 5.74) is 7.35. The van der Waals surface area contributed by atoms with E-state index in [2.05, 4.69) is 15.9 Å². The van der Waals surface area contributed by atoms with Crippen molar-refractivity contribution in [3.05, 3.63) is 33.5 Å². The van der Waals surface area contributed by atoms with Crippen LogP contribution in [-0.4, -0.2) is 5.54 Å². The molecule has 0 radical (unpaired) electrons. The summed E-state index contributed by atoms with van der Waals surface area (Å²) in [6.07, 6.45) is 0.743. The van der Waals surface area contributed by atoms with Crippen molar-refractivity contribution in [2.24, 2.45) is 5.73 Å². The maximum atomic E-state index is 13.3. The van der Waals surface area contributed by atoms with E-state index in [1.807, 2.05) is 19.9 Å². The first-order valence-electron chi connectivity index (χ1n) is 4.53. The van der Waals surface area contributed by atoms with Gasteiger partial charge in [0, 0.05) is 5.54 Å². The average Bonchev–Trinajstić information content (AvgIpc) is 1.96. The van der Waals surface area contributed by atoms with E-state index >= 15 is 0 Å². The van der Waals surface area contributed by atoms with Gasteiger partial charge in [0.25, 0.3) is 0 Å². The first-order valence-corrected chi connectivity index (χ1v) is 5.32. The van der Waals surface area contributed by atoms with Gasteiger partial charge in [0.2, 0.25) is 0 Å². The fraction of sp³-hybridized carbons (Fsp3) is 0.455. The molecule has 0 saturated heterocycles. The third kappa shape index (κ3) is 3.07. The lowest BCUT2D eigenvalue weighted by Gasteiger charge is -2.19. The Morgan fingerprint density at radius 3 is 2.43 bits per heavy atom. The zero-order chi connectivity index (χ0) is 10.9. The number of benzene rings is 1. The Balaban J connectivity index is 3.02. The largest absolute Gasteiger partial charge is 0.325 e. The quantitative estimate of drug-likeness (QED) is 0.868. The van der Waals surface area contributed by atoms with Crippen molar-refractivity contribution in [1.29, 1.82) is 0 Å². The normalized spacial score (nSPS) is 11.9. The van der Waals surface area contributed by atoms with Crippen molar-refractivity contribution < 1.29 is 4.39 Å². The van der Waals surface area contributed by atoms with Crippen molar-refractivity contribution >= 4 is 15.9 Å². The monoisotopic (exact) mass is 259 g/mol. The van der Waals surface area contributed by atoms with Gasteiger partial charge >= 0.3 is 0 Å². The molecule has 1 aromatic carbocycles. The van der Waals surface area contributed by atoms with E-state index in [-0.39, 0.29) is 11.4 Å². The Labute approximate surface area is 92.6 Å². The summed E-state index contributed by atoms with van der Waals surface area (Å²) in [6, 6.07) is 3.63. The third-order valence-corrected chi connectivity index (χ3v) is 2.51. The molecule has 1 nitrogen and oxygen atoms in total.